The molecule has 2 aromatic rings. The molecule has 1 saturated heterocycles. The molecular weight excluding hydrogens is 460 g/mol. The van der Waals surface area contributed by atoms with Crippen LogP contribution in [0.4, 0.5) is 4.79 Å². The van der Waals surface area contributed by atoms with Crippen LogP contribution in [-0.2, 0) is 25.5 Å². The van der Waals surface area contributed by atoms with Crippen molar-refractivity contribution >= 4 is 18.0 Å². The second-order valence-electron chi connectivity index (χ2n) is 10.3. The van der Waals surface area contributed by atoms with Gasteiger partial charge in [0.1, 0.15) is 17.7 Å². The van der Waals surface area contributed by atoms with E-state index >= 15 is 0 Å². The Morgan fingerprint density at radius 2 is 1.67 bits per heavy atom. The van der Waals surface area contributed by atoms with Crippen LogP contribution in [0.3, 0.4) is 0 Å². The highest BCUT2D eigenvalue weighted by Gasteiger charge is 2.43. The summed E-state index contributed by atoms with van der Waals surface area (Å²) < 4.78 is 10.7. The average molecular weight is 497 g/mol. The number of carbonyl (C=O) groups is 3. The molecule has 1 aliphatic heterocycles. The second kappa shape index (κ2) is 11.6. The third-order valence-electron chi connectivity index (χ3n) is 6.29. The Kier molecular flexibility index (Phi) is 8.74. The molecule has 1 aliphatic rings. The number of nitrogens with one attached hydrogen (secondary N) is 1. The number of carboxylic acid groups (broad SMARTS) is 1. The van der Waals surface area contributed by atoms with Crippen LogP contribution in [0.1, 0.15) is 39.7 Å². The Morgan fingerprint density at radius 3 is 2.22 bits per heavy atom. The van der Waals surface area contributed by atoms with E-state index in [0.717, 1.165) is 16.7 Å². The number of carbonyl (C=O) groups excluding carboxylic acids is 2. The van der Waals surface area contributed by atoms with Gasteiger partial charge in [0.05, 0.1) is 6.10 Å². The zero-order valence-corrected chi connectivity index (χ0v) is 21.6. The van der Waals surface area contributed by atoms with Crippen LogP contribution in [0.25, 0.3) is 11.1 Å². The molecule has 1 heterocycles. The van der Waals surface area contributed by atoms with Crippen molar-refractivity contribution in [1.82, 2.24) is 10.2 Å². The van der Waals surface area contributed by atoms with Crippen LogP contribution >= 0.6 is 0 Å². The number of amides is 2. The SMILES string of the molecule is COC1CC(C(=O)O)N(C(=O)[C@@H](NC(=O)OC(C)(C)C)C(C)Cc2ccc(-c3ccccc3)cc2)C1. The maximum absolute atomic E-state index is 13.6. The molecule has 8 heteroatoms. The van der Waals surface area contributed by atoms with Crippen LogP contribution in [0.2, 0.25) is 0 Å². The van der Waals surface area contributed by atoms with Crippen molar-refractivity contribution in [3.05, 3.63) is 60.2 Å². The number of methoxy groups -OCH3 is 1. The van der Waals surface area contributed by atoms with Crippen molar-refractivity contribution in [2.75, 3.05) is 13.7 Å². The molecular formula is C28H36N2O6. The molecule has 4 atom stereocenters. The Morgan fingerprint density at radius 1 is 1.06 bits per heavy atom. The van der Waals surface area contributed by atoms with Crippen LogP contribution in [0, 0.1) is 5.92 Å². The van der Waals surface area contributed by atoms with Gasteiger partial charge in [-0.1, -0.05) is 61.5 Å². The van der Waals surface area contributed by atoms with E-state index in [2.05, 4.69) is 5.32 Å². The molecule has 0 bridgehead atoms. The fraction of sp³-hybridized carbons (Fsp3) is 0.464. The minimum Gasteiger partial charge on any atom is -0.480 e. The molecule has 2 N–H and O–H groups in total. The van der Waals surface area contributed by atoms with Gasteiger partial charge in [0.25, 0.3) is 0 Å². The number of hydrogen-bond donors (Lipinski definition) is 2. The maximum Gasteiger partial charge on any atom is 0.408 e. The highest BCUT2D eigenvalue weighted by molar-refractivity contribution is 5.90. The van der Waals surface area contributed by atoms with Crippen LogP contribution in [0.5, 0.6) is 0 Å². The Bertz CT molecular complexity index is 1050. The van der Waals surface area contributed by atoms with Crippen LogP contribution in [0.15, 0.2) is 54.6 Å². The number of nitrogens with zero attached hydrogens (tertiary/aromatic N) is 1. The standard InChI is InChI=1S/C28H36N2O6/c1-18(15-19-11-13-21(14-12-19)20-9-7-6-8-10-20)24(29-27(34)36-28(2,3)4)25(31)30-17-22(35-5)16-23(30)26(32)33/h6-14,18,22-24H,15-17H2,1-5H3,(H,29,34)(H,32,33)/t18?,22?,23?,24-/m0/s1. The fourth-order valence-corrected chi connectivity index (χ4v) is 4.46. The van der Waals surface area contributed by atoms with Gasteiger partial charge < -0.3 is 24.8 Å². The summed E-state index contributed by atoms with van der Waals surface area (Å²) in [5.41, 5.74) is 2.45. The monoisotopic (exact) mass is 496 g/mol. The Hall–Kier alpha value is -3.39. The molecule has 2 aromatic carbocycles. The minimum atomic E-state index is -1.09. The summed E-state index contributed by atoms with van der Waals surface area (Å²) >= 11 is 0. The van der Waals surface area contributed by atoms with Gasteiger partial charge in [-0.3, -0.25) is 4.79 Å². The molecule has 0 spiro atoms. The highest BCUT2D eigenvalue weighted by Crippen LogP contribution is 2.25. The molecule has 0 radical (unpaired) electrons. The molecule has 8 nitrogen and oxygen atoms in total. The number of aliphatic carboxylic acids is 1. The fourth-order valence-electron chi connectivity index (χ4n) is 4.46. The van der Waals surface area contributed by atoms with Gasteiger partial charge in [-0.05, 0) is 49.8 Å². The Labute approximate surface area is 212 Å². The number of rotatable bonds is 8. The smallest absolute Gasteiger partial charge is 0.408 e. The summed E-state index contributed by atoms with van der Waals surface area (Å²) in [6, 6.07) is 16.1. The van der Waals surface area contributed by atoms with E-state index in [9.17, 15) is 19.5 Å². The van der Waals surface area contributed by atoms with Gasteiger partial charge in [-0.2, -0.15) is 0 Å². The molecule has 3 unspecified atom stereocenters. The predicted molar refractivity (Wildman–Crippen MR) is 136 cm³/mol. The molecule has 0 aliphatic carbocycles. The van der Waals surface area contributed by atoms with Gasteiger partial charge in [-0.25, -0.2) is 9.59 Å². The van der Waals surface area contributed by atoms with Crippen molar-refractivity contribution in [2.24, 2.45) is 5.92 Å². The molecule has 0 saturated carbocycles. The topological polar surface area (TPSA) is 105 Å². The quantitative estimate of drug-likeness (QED) is 0.570. The molecule has 2 amide bonds. The lowest BCUT2D eigenvalue weighted by atomic mass is 9.91. The number of hydrogen-bond acceptors (Lipinski definition) is 5. The van der Waals surface area contributed by atoms with E-state index in [1.807, 2.05) is 61.5 Å². The predicted octanol–water partition coefficient (Wildman–Crippen LogP) is 4.13. The first-order chi connectivity index (χ1) is 17.0. The highest BCUT2D eigenvalue weighted by atomic mass is 16.6. The first-order valence-electron chi connectivity index (χ1n) is 12.2. The van der Waals surface area contributed by atoms with E-state index < -0.39 is 35.7 Å². The van der Waals surface area contributed by atoms with Crippen molar-refractivity contribution in [3.63, 3.8) is 0 Å². The number of alkyl carbamates (subject to hydrolysis) is 1. The zero-order chi connectivity index (χ0) is 26.5. The van der Waals surface area contributed by atoms with E-state index in [0.29, 0.717) is 6.42 Å². The summed E-state index contributed by atoms with van der Waals surface area (Å²) in [5.74, 6) is -1.88. The lowest BCUT2D eigenvalue weighted by Crippen LogP contribution is -2.55. The Balaban J connectivity index is 1.81. The number of likely N-dealkylation sites (tertiary alicyclic amines) is 1. The average Bonchev–Trinajstić information content (AvgIpc) is 3.27. The first-order valence-corrected chi connectivity index (χ1v) is 12.2. The maximum atomic E-state index is 13.6. The molecule has 36 heavy (non-hydrogen) atoms. The van der Waals surface area contributed by atoms with Gasteiger partial charge in [0, 0.05) is 20.1 Å². The molecule has 194 valence electrons. The normalized spacial score (nSPS) is 19.4. The second-order valence-corrected chi connectivity index (χ2v) is 10.3. The summed E-state index contributed by atoms with van der Waals surface area (Å²) in [7, 11) is 1.50. The van der Waals surface area contributed by atoms with Crippen molar-refractivity contribution in [1.29, 1.82) is 0 Å². The summed E-state index contributed by atoms with van der Waals surface area (Å²) in [6.45, 7) is 7.24. The van der Waals surface area contributed by atoms with Crippen LogP contribution < -0.4 is 5.32 Å². The largest absolute Gasteiger partial charge is 0.480 e. The van der Waals surface area contributed by atoms with Gasteiger partial charge in [0.2, 0.25) is 5.91 Å². The molecule has 3 rings (SSSR count). The summed E-state index contributed by atoms with van der Waals surface area (Å²) in [5, 5.41) is 12.4. The van der Waals surface area contributed by atoms with Crippen LogP contribution in [-0.4, -0.2) is 65.4 Å². The first kappa shape index (κ1) is 27.2. The summed E-state index contributed by atoms with van der Waals surface area (Å²) in [6.07, 6.45) is -0.397. The van der Waals surface area contributed by atoms with Gasteiger partial charge in [-0.15, -0.1) is 0 Å². The van der Waals surface area contributed by atoms with E-state index in [1.54, 1.807) is 20.8 Å². The van der Waals surface area contributed by atoms with Crippen molar-refractivity contribution in [2.45, 2.75) is 64.3 Å². The van der Waals surface area contributed by atoms with Crippen molar-refractivity contribution in [3.8, 4) is 11.1 Å². The van der Waals surface area contributed by atoms with Gasteiger partial charge >= 0.3 is 12.1 Å². The number of carboxylic acids is 1. The lowest BCUT2D eigenvalue weighted by molar-refractivity contribution is -0.149. The summed E-state index contributed by atoms with van der Waals surface area (Å²) in [4.78, 5) is 39.4. The van der Waals surface area contributed by atoms with Crippen molar-refractivity contribution < 1.29 is 29.0 Å². The third kappa shape index (κ3) is 7.07. The minimum absolute atomic E-state index is 0.150. The lowest BCUT2D eigenvalue weighted by Gasteiger charge is -2.31. The number of ether oxygens (including phenoxy) is 2. The zero-order valence-electron chi connectivity index (χ0n) is 21.6. The van der Waals surface area contributed by atoms with E-state index in [4.69, 9.17) is 9.47 Å². The number of benzene rings is 2. The van der Waals surface area contributed by atoms with E-state index in [1.165, 1.54) is 12.0 Å². The third-order valence-corrected chi connectivity index (χ3v) is 6.29. The van der Waals surface area contributed by atoms with E-state index in [-0.39, 0.29) is 25.0 Å². The molecule has 0 aromatic heterocycles. The molecule has 1 fully saturated rings. The van der Waals surface area contributed by atoms with Gasteiger partial charge in [0.15, 0.2) is 0 Å².